The van der Waals surface area contributed by atoms with Gasteiger partial charge in [-0.25, -0.2) is 8.78 Å². The lowest BCUT2D eigenvalue weighted by Crippen LogP contribution is -2.38. The molecular formula is C9H15F2N. The van der Waals surface area contributed by atoms with E-state index in [0.29, 0.717) is 12.8 Å². The van der Waals surface area contributed by atoms with E-state index in [-0.39, 0.29) is 18.4 Å². The van der Waals surface area contributed by atoms with E-state index in [1.165, 1.54) is 0 Å². The molecule has 3 heteroatoms. The fourth-order valence-electron chi connectivity index (χ4n) is 2.50. The molecule has 0 aromatic rings. The number of hydrogen-bond acceptors (Lipinski definition) is 1. The van der Waals surface area contributed by atoms with Crippen molar-refractivity contribution >= 4 is 0 Å². The molecule has 2 rings (SSSR count). The highest BCUT2D eigenvalue weighted by molar-refractivity contribution is 4.93. The number of hydrogen-bond donors (Lipinski definition) is 1. The second-order valence-electron chi connectivity index (χ2n) is 3.96. The van der Waals surface area contributed by atoms with Crippen molar-refractivity contribution in [2.45, 2.75) is 44.1 Å². The van der Waals surface area contributed by atoms with Crippen LogP contribution in [-0.4, -0.2) is 18.5 Å². The first-order valence-corrected chi connectivity index (χ1v) is 4.81. The third-order valence-corrected chi connectivity index (χ3v) is 3.15. The van der Waals surface area contributed by atoms with Crippen molar-refractivity contribution in [2.24, 2.45) is 5.92 Å². The van der Waals surface area contributed by atoms with Gasteiger partial charge in [0.2, 0.25) is 0 Å². The van der Waals surface area contributed by atoms with E-state index in [9.17, 15) is 8.78 Å². The Labute approximate surface area is 71.5 Å². The molecule has 1 saturated heterocycles. The van der Waals surface area contributed by atoms with Crippen LogP contribution in [0.25, 0.3) is 0 Å². The average Bonchev–Trinajstić information content (AvgIpc) is 2.55. The highest BCUT2D eigenvalue weighted by atomic mass is 19.3. The van der Waals surface area contributed by atoms with Crippen LogP contribution in [0.5, 0.6) is 0 Å². The number of halogens is 2. The lowest BCUT2D eigenvalue weighted by Gasteiger charge is -2.24. The molecule has 0 bridgehead atoms. The maximum absolute atomic E-state index is 13.2. The minimum Gasteiger partial charge on any atom is -0.313 e. The number of rotatable bonds is 1. The first-order valence-electron chi connectivity index (χ1n) is 4.81. The minimum absolute atomic E-state index is 0.0995. The molecule has 0 aromatic carbocycles. The second kappa shape index (κ2) is 2.95. The normalized spacial score (nSPS) is 40.5. The molecule has 2 atom stereocenters. The molecular weight excluding hydrogens is 160 g/mol. The molecule has 0 spiro atoms. The van der Waals surface area contributed by atoms with Gasteiger partial charge in [0.15, 0.2) is 0 Å². The van der Waals surface area contributed by atoms with E-state index in [1.54, 1.807) is 0 Å². The first-order chi connectivity index (χ1) is 5.70. The van der Waals surface area contributed by atoms with Gasteiger partial charge in [0.1, 0.15) is 0 Å². The van der Waals surface area contributed by atoms with Gasteiger partial charge in [-0.3, -0.25) is 0 Å². The Hall–Kier alpha value is -0.180. The summed E-state index contributed by atoms with van der Waals surface area (Å²) in [6.45, 7) is 0.928. The summed E-state index contributed by atoms with van der Waals surface area (Å²) in [4.78, 5) is 0. The smallest absolute Gasteiger partial charge is 0.252 e. The maximum atomic E-state index is 13.2. The van der Waals surface area contributed by atoms with Gasteiger partial charge in [-0.2, -0.15) is 0 Å². The summed E-state index contributed by atoms with van der Waals surface area (Å²) in [6, 6.07) is 0.0995. The molecule has 1 aliphatic carbocycles. The first kappa shape index (κ1) is 8.42. The average molecular weight is 175 g/mol. The van der Waals surface area contributed by atoms with E-state index < -0.39 is 5.92 Å². The van der Waals surface area contributed by atoms with Crippen molar-refractivity contribution in [3.05, 3.63) is 0 Å². The molecule has 1 saturated carbocycles. The molecule has 1 aliphatic heterocycles. The summed E-state index contributed by atoms with van der Waals surface area (Å²) in [5.41, 5.74) is 0. The van der Waals surface area contributed by atoms with Gasteiger partial charge in [-0.05, 0) is 32.2 Å². The van der Waals surface area contributed by atoms with Crippen LogP contribution in [0.4, 0.5) is 8.78 Å². The molecule has 0 amide bonds. The Morgan fingerprint density at radius 3 is 2.50 bits per heavy atom. The van der Waals surface area contributed by atoms with Crippen molar-refractivity contribution in [1.29, 1.82) is 0 Å². The van der Waals surface area contributed by atoms with E-state index in [1.807, 2.05) is 0 Å². The van der Waals surface area contributed by atoms with E-state index in [4.69, 9.17) is 0 Å². The maximum Gasteiger partial charge on any atom is 0.252 e. The van der Waals surface area contributed by atoms with Crippen molar-refractivity contribution in [3.63, 3.8) is 0 Å². The Kier molecular flexibility index (Phi) is 2.07. The highest BCUT2D eigenvalue weighted by Crippen LogP contribution is 2.43. The van der Waals surface area contributed by atoms with Crippen LogP contribution in [0, 0.1) is 5.92 Å². The predicted molar refractivity (Wildman–Crippen MR) is 43.3 cm³/mol. The summed E-state index contributed by atoms with van der Waals surface area (Å²) in [7, 11) is 0. The van der Waals surface area contributed by atoms with E-state index in [0.717, 1.165) is 19.4 Å². The molecule has 2 aliphatic rings. The SMILES string of the molecule is FC1(F)CCCC1C1CCCN1. The molecule has 2 unspecified atom stereocenters. The largest absolute Gasteiger partial charge is 0.313 e. The van der Waals surface area contributed by atoms with Gasteiger partial charge in [-0.1, -0.05) is 0 Å². The van der Waals surface area contributed by atoms with Crippen LogP contribution in [0.1, 0.15) is 32.1 Å². The van der Waals surface area contributed by atoms with Gasteiger partial charge in [-0.15, -0.1) is 0 Å². The molecule has 12 heavy (non-hydrogen) atoms. The van der Waals surface area contributed by atoms with Gasteiger partial charge in [0.25, 0.3) is 5.92 Å². The standard InChI is InChI=1S/C9H15F2N/c10-9(11)5-1-3-7(9)8-4-2-6-12-8/h7-8,12H,1-6H2. The van der Waals surface area contributed by atoms with Crippen molar-refractivity contribution in [2.75, 3.05) is 6.54 Å². The third kappa shape index (κ3) is 1.35. The molecule has 70 valence electrons. The Morgan fingerprint density at radius 1 is 1.17 bits per heavy atom. The summed E-state index contributed by atoms with van der Waals surface area (Å²) in [5, 5.41) is 3.17. The van der Waals surface area contributed by atoms with E-state index >= 15 is 0 Å². The van der Waals surface area contributed by atoms with Gasteiger partial charge >= 0.3 is 0 Å². The molecule has 0 aromatic heterocycles. The fraction of sp³-hybridized carbons (Fsp3) is 1.00. The van der Waals surface area contributed by atoms with Gasteiger partial charge in [0.05, 0.1) is 0 Å². The topological polar surface area (TPSA) is 12.0 Å². The lowest BCUT2D eigenvalue weighted by molar-refractivity contribution is -0.0474. The monoisotopic (exact) mass is 175 g/mol. The number of nitrogens with one attached hydrogen (secondary N) is 1. The van der Waals surface area contributed by atoms with Gasteiger partial charge < -0.3 is 5.32 Å². The van der Waals surface area contributed by atoms with Crippen LogP contribution >= 0.6 is 0 Å². The quantitative estimate of drug-likeness (QED) is 0.644. The molecule has 2 fully saturated rings. The van der Waals surface area contributed by atoms with E-state index in [2.05, 4.69) is 5.32 Å². The Morgan fingerprint density at radius 2 is 2.00 bits per heavy atom. The zero-order valence-electron chi connectivity index (χ0n) is 7.15. The summed E-state index contributed by atoms with van der Waals surface area (Å²) < 4.78 is 26.4. The predicted octanol–water partition coefficient (Wildman–Crippen LogP) is 2.17. The third-order valence-electron chi connectivity index (χ3n) is 3.15. The zero-order chi connectivity index (χ0) is 8.60. The van der Waals surface area contributed by atoms with Crippen LogP contribution in [0.3, 0.4) is 0 Å². The zero-order valence-corrected chi connectivity index (χ0v) is 7.15. The number of alkyl halides is 2. The Bertz CT molecular complexity index is 164. The van der Waals surface area contributed by atoms with Crippen molar-refractivity contribution < 1.29 is 8.78 Å². The highest BCUT2D eigenvalue weighted by Gasteiger charge is 2.47. The van der Waals surface area contributed by atoms with Crippen LogP contribution in [-0.2, 0) is 0 Å². The van der Waals surface area contributed by atoms with Crippen molar-refractivity contribution in [3.8, 4) is 0 Å². The second-order valence-corrected chi connectivity index (χ2v) is 3.96. The Balaban J connectivity index is 2.02. The summed E-state index contributed by atoms with van der Waals surface area (Å²) >= 11 is 0. The van der Waals surface area contributed by atoms with Gasteiger partial charge in [0, 0.05) is 18.4 Å². The van der Waals surface area contributed by atoms with Crippen LogP contribution in [0.2, 0.25) is 0 Å². The molecule has 0 radical (unpaired) electrons. The van der Waals surface area contributed by atoms with Crippen LogP contribution < -0.4 is 5.32 Å². The van der Waals surface area contributed by atoms with Crippen LogP contribution in [0.15, 0.2) is 0 Å². The fourth-order valence-corrected chi connectivity index (χ4v) is 2.50. The molecule has 1 N–H and O–H groups in total. The molecule has 1 heterocycles. The summed E-state index contributed by atoms with van der Waals surface area (Å²) in [5.74, 6) is -2.76. The molecule has 1 nitrogen and oxygen atoms in total. The lowest BCUT2D eigenvalue weighted by atomic mass is 9.94. The minimum atomic E-state index is -2.39. The summed E-state index contributed by atoms with van der Waals surface area (Å²) in [6.07, 6.45) is 3.54. The van der Waals surface area contributed by atoms with Crippen molar-refractivity contribution in [1.82, 2.24) is 5.32 Å².